The first-order chi connectivity index (χ1) is 6.66. The zero-order chi connectivity index (χ0) is 10.6. The van der Waals surface area contributed by atoms with E-state index in [1.54, 1.807) is 0 Å². The minimum absolute atomic E-state index is 0.00343. The summed E-state index contributed by atoms with van der Waals surface area (Å²) in [6.07, 6.45) is 3.30. The third-order valence-electron chi connectivity index (χ3n) is 2.77. The molecule has 1 aliphatic rings. The third-order valence-corrected chi connectivity index (χ3v) is 2.77. The summed E-state index contributed by atoms with van der Waals surface area (Å²) in [5, 5.41) is 0. The van der Waals surface area contributed by atoms with Crippen LogP contribution in [0, 0.1) is 0 Å². The maximum atomic E-state index is 11.6. The monoisotopic (exact) mass is 199 g/mol. The highest BCUT2D eigenvalue weighted by Crippen LogP contribution is 2.20. The molecule has 3 heteroatoms. The van der Waals surface area contributed by atoms with E-state index in [2.05, 4.69) is 18.7 Å². The van der Waals surface area contributed by atoms with Crippen LogP contribution < -0.4 is 0 Å². The molecule has 0 radical (unpaired) electrons. The fourth-order valence-corrected chi connectivity index (χ4v) is 2.06. The lowest BCUT2D eigenvalue weighted by molar-refractivity contribution is -0.151. The first-order valence-corrected chi connectivity index (χ1v) is 5.59. The first kappa shape index (κ1) is 11.5. The molecule has 1 rings (SSSR count). The molecule has 1 atom stereocenters. The number of likely N-dealkylation sites (tertiary alicyclic amines) is 1. The first-order valence-electron chi connectivity index (χ1n) is 5.59. The smallest absolute Gasteiger partial charge is 0.323 e. The molecule has 1 unspecified atom stereocenters. The molecule has 1 heterocycles. The van der Waals surface area contributed by atoms with E-state index >= 15 is 0 Å². The van der Waals surface area contributed by atoms with Crippen LogP contribution in [0.4, 0.5) is 0 Å². The Kier molecular flexibility index (Phi) is 4.39. The van der Waals surface area contributed by atoms with Crippen LogP contribution in [0.2, 0.25) is 0 Å². The molecule has 1 fully saturated rings. The predicted octanol–water partition coefficient (Wildman–Crippen LogP) is 1.81. The van der Waals surface area contributed by atoms with Gasteiger partial charge in [0.25, 0.3) is 0 Å². The molecule has 0 N–H and O–H groups in total. The Labute approximate surface area is 86.4 Å². The van der Waals surface area contributed by atoms with Gasteiger partial charge in [0.2, 0.25) is 0 Å². The molecule has 1 saturated heterocycles. The molecule has 0 saturated carbocycles. The second-order valence-corrected chi connectivity index (χ2v) is 4.10. The maximum absolute atomic E-state index is 11.6. The zero-order valence-electron chi connectivity index (χ0n) is 9.45. The second kappa shape index (κ2) is 5.35. The van der Waals surface area contributed by atoms with Crippen molar-refractivity contribution in [3.05, 3.63) is 0 Å². The largest absolute Gasteiger partial charge is 0.465 e. The van der Waals surface area contributed by atoms with E-state index in [1.807, 2.05) is 6.92 Å². The fourth-order valence-electron chi connectivity index (χ4n) is 2.06. The number of nitrogens with zero attached hydrogens (tertiary/aromatic N) is 1. The number of hydrogen-bond acceptors (Lipinski definition) is 3. The Morgan fingerprint density at radius 1 is 1.50 bits per heavy atom. The van der Waals surface area contributed by atoms with Gasteiger partial charge in [-0.3, -0.25) is 9.69 Å². The summed E-state index contributed by atoms with van der Waals surface area (Å²) in [5.74, 6) is -0.0408. The summed E-state index contributed by atoms with van der Waals surface area (Å²) in [5.41, 5.74) is 0. The summed E-state index contributed by atoms with van der Waals surface area (Å²) in [4.78, 5) is 13.9. The van der Waals surface area contributed by atoms with Gasteiger partial charge in [-0.15, -0.1) is 0 Å². The van der Waals surface area contributed by atoms with Gasteiger partial charge in [0.15, 0.2) is 0 Å². The Morgan fingerprint density at radius 3 is 2.79 bits per heavy atom. The van der Waals surface area contributed by atoms with Crippen molar-refractivity contribution in [1.29, 1.82) is 0 Å². The van der Waals surface area contributed by atoms with Gasteiger partial charge in [-0.05, 0) is 40.2 Å². The van der Waals surface area contributed by atoms with Crippen LogP contribution in [0.5, 0.6) is 0 Å². The number of hydrogen-bond donors (Lipinski definition) is 0. The van der Waals surface area contributed by atoms with Crippen LogP contribution >= 0.6 is 0 Å². The molecule has 0 aromatic carbocycles. The van der Waals surface area contributed by atoms with Crippen LogP contribution in [-0.2, 0) is 9.53 Å². The number of ether oxygens (including phenoxy) is 1. The van der Waals surface area contributed by atoms with E-state index in [9.17, 15) is 4.79 Å². The van der Waals surface area contributed by atoms with Gasteiger partial charge >= 0.3 is 5.97 Å². The normalized spacial score (nSPS) is 23.9. The Bertz CT molecular complexity index is 192. The van der Waals surface area contributed by atoms with Crippen LogP contribution in [-0.4, -0.2) is 36.1 Å². The van der Waals surface area contributed by atoms with Crippen molar-refractivity contribution in [2.45, 2.75) is 52.1 Å². The lowest BCUT2D eigenvalue weighted by atomic mass is 10.0. The Hall–Kier alpha value is -0.570. The molecule has 82 valence electrons. The van der Waals surface area contributed by atoms with Crippen molar-refractivity contribution in [3.63, 3.8) is 0 Å². The van der Waals surface area contributed by atoms with E-state index in [-0.39, 0.29) is 12.0 Å². The molecule has 0 bridgehead atoms. The molecular weight excluding hydrogens is 178 g/mol. The quantitative estimate of drug-likeness (QED) is 0.649. The SMILES string of the molecule is CCOC(=O)C1CCCCN1C(C)C. The van der Waals surface area contributed by atoms with Gasteiger partial charge < -0.3 is 4.74 Å². The van der Waals surface area contributed by atoms with Gasteiger partial charge in [0.05, 0.1) is 6.61 Å². The van der Waals surface area contributed by atoms with E-state index in [1.165, 1.54) is 6.42 Å². The average Bonchev–Trinajstić information content (AvgIpc) is 2.18. The molecule has 14 heavy (non-hydrogen) atoms. The Balaban J connectivity index is 2.57. The molecule has 0 amide bonds. The molecule has 3 nitrogen and oxygen atoms in total. The molecule has 0 spiro atoms. The summed E-state index contributed by atoms with van der Waals surface area (Å²) >= 11 is 0. The lowest BCUT2D eigenvalue weighted by Gasteiger charge is -2.36. The van der Waals surface area contributed by atoms with Crippen molar-refractivity contribution in [3.8, 4) is 0 Å². The molecule has 0 aromatic heterocycles. The van der Waals surface area contributed by atoms with Crippen molar-refractivity contribution in [2.75, 3.05) is 13.2 Å². The van der Waals surface area contributed by atoms with Crippen LogP contribution in [0.25, 0.3) is 0 Å². The average molecular weight is 199 g/mol. The fraction of sp³-hybridized carbons (Fsp3) is 0.909. The topological polar surface area (TPSA) is 29.5 Å². The lowest BCUT2D eigenvalue weighted by Crippen LogP contribution is -2.48. The summed E-state index contributed by atoms with van der Waals surface area (Å²) in [6, 6.07) is 0.438. The van der Waals surface area contributed by atoms with Gasteiger partial charge in [0.1, 0.15) is 6.04 Å². The summed E-state index contributed by atoms with van der Waals surface area (Å²) in [6.45, 7) is 7.65. The summed E-state index contributed by atoms with van der Waals surface area (Å²) < 4.78 is 5.08. The van der Waals surface area contributed by atoms with E-state index in [0.717, 1.165) is 19.4 Å². The number of carbonyl (C=O) groups excluding carboxylic acids is 1. The van der Waals surface area contributed by atoms with Gasteiger partial charge in [0, 0.05) is 6.04 Å². The minimum atomic E-state index is -0.0408. The van der Waals surface area contributed by atoms with Crippen LogP contribution in [0.15, 0.2) is 0 Å². The highest BCUT2D eigenvalue weighted by Gasteiger charge is 2.30. The van der Waals surface area contributed by atoms with Crippen molar-refractivity contribution in [1.82, 2.24) is 4.90 Å². The third kappa shape index (κ3) is 2.71. The van der Waals surface area contributed by atoms with Gasteiger partial charge in [-0.2, -0.15) is 0 Å². The summed E-state index contributed by atoms with van der Waals surface area (Å²) in [7, 11) is 0. The number of piperidine rings is 1. The highest BCUT2D eigenvalue weighted by atomic mass is 16.5. The maximum Gasteiger partial charge on any atom is 0.323 e. The van der Waals surface area contributed by atoms with Crippen LogP contribution in [0.3, 0.4) is 0 Å². The molecule has 1 aliphatic heterocycles. The Morgan fingerprint density at radius 2 is 2.21 bits per heavy atom. The highest BCUT2D eigenvalue weighted by molar-refractivity contribution is 5.75. The van der Waals surface area contributed by atoms with Crippen molar-refractivity contribution < 1.29 is 9.53 Å². The number of carbonyl (C=O) groups is 1. The van der Waals surface area contributed by atoms with Crippen LogP contribution in [0.1, 0.15) is 40.0 Å². The standard InChI is InChI=1S/C11H21NO2/c1-4-14-11(13)10-7-5-6-8-12(10)9(2)3/h9-10H,4-8H2,1-3H3. The molecule has 0 aromatic rings. The predicted molar refractivity (Wildman–Crippen MR) is 56.1 cm³/mol. The number of esters is 1. The van der Waals surface area contributed by atoms with Crippen molar-refractivity contribution in [2.24, 2.45) is 0 Å². The van der Waals surface area contributed by atoms with Gasteiger partial charge in [-0.25, -0.2) is 0 Å². The second-order valence-electron chi connectivity index (χ2n) is 4.10. The zero-order valence-corrected chi connectivity index (χ0v) is 9.45. The van der Waals surface area contributed by atoms with E-state index in [0.29, 0.717) is 12.6 Å². The van der Waals surface area contributed by atoms with E-state index in [4.69, 9.17) is 4.74 Å². The van der Waals surface area contributed by atoms with E-state index < -0.39 is 0 Å². The van der Waals surface area contributed by atoms with Gasteiger partial charge in [-0.1, -0.05) is 6.42 Å². The van der Waals surface area contributed by atoms with Crippen molar-refractivity contribution >= 4 is 5.97 Å². The molecular formula is C11H21NO2. The minimum Gasteiger partial charge on any atom is -0.465 e. The number of rotatable bonds is 3. The molecule has 0 aliphatic carbocycles.